The number of rotatable bonds is 3. The normalized spacial score (nSPS) is 11.2. The van der Waals surface area contributed by atoms with Gasteiger partial charge in [-0.25, -0.2) is 0 Å². The fraction of sp³-hybridized carbons (Fsp3) is 0.111. The lowest BCUT2D eigenvalue weighted by atomic mass is 10.0. The fourth-order valence-electron chi connectivity index (χ4n) is 2.54. The summed E-state index contributed by atoms with van der Waals surface area (Å²) in [6.45, 7) is 3.58. The van der Waals surface area contributed by atoms with Gasteiger partial charge in [-0.15, -0.1) is 4.09 Å². The van der Waals surface area contributed by atoms with E-state index in [0.29, 0.717) is 11.3 Å². The number of nitriles is 1. The van der Waals surface area contributed by atoms with Gasteiger partial charge in [-0.05, 0) is 31.5 Å². The molecule has 0 saturated heterocycles. The SMILES string of the molecule is Cc1ccc(S(=O)(=O)n2nc(C)c(-c3ccccc3)c2C#N)cc1. The number of nitrogens with zero attached hydrogens (tertiary/aromatic N) is 3. The minimum absolute atomic E-state index is 0.0132. The summed E-state index contributed by atoms with van der Waals surface area (Å²) in [5.41, 5.74) is 2.76. The van der Waals surface area contributed by atoms with E-state index in [1.165, 1.54) is 12.1 Å². The predicted octanol–water partition coefficient (Wildman–Crippen LogP) is 3.28. The number of hydrogen-bond acceptors (Lipinski definition) is 4. The molecule has 0 amide bonds. The molecule has 120 valence electrons. The van der Waals surface area contributed by atoms with Crippen LogP contribution in [0.15, 0.2) is 59.5 Å². The lowest BCUT2D eigenvalue weighted by molar-refractivity contribution is 0.579. The first-order valence-electron chi connectivity index (χ1n) is 7.32. The average Bonchev–Trinajstić information content (AvgIpc) is 2.93. The van der Waals surface area contributed by atoms with Crippen molar-refractivity contribution in [1.29, 1.82) is 5.26 Å². The maximum Gasteiger partial charge on any atom is 0.284 e. The monoisotopic (exact) mass is 337 g/mol. The molecule has 3 aromatic rings. The van der Waals surface area contributed by atoms with E-state index in [1.54, 1.807) is 19.1 Å². The van der Waals surface area contributed by atoms with Crippen molar-refractivity contribution < 1.29 is 8.42 Å². The van der Waals surface area contributed by atoms with Crippen molar-refractivity contribution in [3.63, 3.8) is 0 Å². The molecule has 2 aromatic carbocycles. The lowest BCUT2D eigenvalue weighted by Crippen LogP contribution is -2.16. The van der Waals surface area contributed by atoms with E-state index in [2.05, 4.69) is 5.10 Å². The number of benzene rings is 2. The van der Waals surface area contributed by atoms with Crippen LogP contribution in [0.4, 0.5) is 0 Å². The van der Waals surface area contributed by atoms with E-state index in [0.717, 1.165) is 15.2 Å². The lowest BCUT2D eigenvalue weighted by Gasteiger charge is -2.06. The molecule has 3 rings (SSSR count). The van der Waals surface area contributed by atoms with Crippen molar-refractivity contribution >= 4 is 10.0 Å². The molecule has 0 spiro atoms. The maximum absolute atomic E-state index is 12.9. The topological polar surface area (TPSA) is 75.8 Å². The van der Waals surface area contributed by atoms with E-state index in [4.69, 9.17) is 0 Å². The van der Waals surface area contributed by atoms with Gasteiger partial charge in [-0.3, -0.25) is 0 Å². The average molecular weight is 337 g/mol. The number of hydrogen-bond donors (Lipinski definition) is 0. The zero-order valence-electron chi connectivity index (χ0n) is 13.3. The molecule has 0 N–H and O–H groups in total. The molecular weight excluding hydrogens is 322 g/mol. The Morgan fingerprint density at radius 1 is 1.00 bits per heavy atom. The third kappa shape index (κ3) is 2.59. The van der Waals surface area contributed by atoms with E-state index in [1.807, 2.05) is 43.3 Å². The molecule has 6 heteroatoms. The standard InChI is InChI=1S/C18H15N3O2S/c1-13-8-10-16(11-9-13)24(22,23)21-17(12-19)18(14(2)20-21)15-6-4-3-5-7-15/h3-11H,1-2H3. The van der Waals surface area contributed by atoms with Crippen LogP contribution in [0.1, 0.15) is 17.0 Å². The summed E-state index contributed by atoms with van der Waals surface area (Å²) in [6.07, 6.45) is 0. The first-order chi connectivity index (χ1) is 11.4. The van der Waals surface area contributed by atoms with Crippen molar-refractivity contribution in [2.75, 3.05) is 0 Å². The summed E-state index contributed by atoms with van der Waals surface area (Å²) in [4.78, 5) is 0.103. The highest BCUT2D eigenvalue weighted by atomic mass is 32.2. The van der Waals surface area contributed by atoms with Crippen molar-refractivity contribution in [3.05, 3.63) is 71.5 Å². The van der Waals surface area contributed by atoms with E-state index < -0.39 is 10.0 Å². The van der Waals surface area contributed by atoms with Crippen LogP contribution in [0.25, 0.3) is 11.1 Å². The number of aromatic nitrogens is 2. The van der Waals surface area contributed by atoms with Crippen LogP contribution in [-0.4, -0.2) is 17.6 Å². The Balaban J connectivity index is 2.23. The quantitative estimate of drug-likeness (QED) is 0.735. The third-order valence-corrected chi connectivity index (χ3v) is 5.33. The second-order valence-corrected chi connectivity index (χ2v) is 7.22. The smallest absolute Gasteiger partial charge is 0.199 e. The second-order valence-electron chi connectivity index (χ2n) is 5.45. The molecule has 5 nitrogen and oxygen atoms in total. The molecule has 0 fully saturated rings. The van der Waals surface area contributed by atoms with Gasteiger partial charge in [0, 0.05) is 5.56 Å². The second kappa shape index (κ2) is 5.95. The van der Waals surface area contributed by atoms with Gasteiger partial charge in [0.05, 0.1) is 10.6 Å². The van der Waals surface area contributed by atoms with Crippen molar-refractivity contribution in [2.24, 2.45) is 0 Å². The van der Waals surface area contributed by atoms with Gasteiger partial charge in [-0.2, -0.15) is 18.8 Å². The molecule has 1 heterocycles. The van der Waals surface area contributed by atoms with Crippen LogP contribution in [0.2, 0.25) is 0 Å². The van der Waals surface area contributed by atoms with Crippen LogP contribution in [0, 0.1) is 25.2 Å². The molecule has 0 saturated carbocycles. The first-order valence-corrected chi connectivity index (χ1v) is 8.76. The Labute approximate surface area is 140 Å². The predicted molar refractivity (Wildman–Crippen MR) is 90.9 cm³/mol. The minimum atomic E-state index is -3.93. The molecule has 0 radical (unpaired) electrons. The zero-order chi connectivity index (χ0) is 17.3. The first kappa shape index (κ1) is 16.0. The van der Waals surface area contributed by atoms with Gasteiger partial charge in [0.25, 0.3) is 10.0 Å². The molecule has 0 bridgehead atoms. The molecule has 1 aromatic heterocycles. The highest BCUT2D eigenvalue weighted by Crippen LogP contribution is 2.29. The van der Waals surface area contributed by atoms with Gasteiger partial charge in [0.1, 0.15) is 6.07 Å². The Morgan fingerprint density at radius 2 is 1.62 bits per heavy atom. The Kier molecular flexibility index (Phi) is 3.96. The largest absolute Gasteiger partial charge is 0.284 e. The Morgan fingerprint density at radius 3 is 2.21 bits per heavy atom. The molecule has 24 heavy (non-hydrogen) atoms. The summed E-state index contributed by atoms with van der Waals surface area (Å²) in [5, 5.41) is 13.7. The fourth-order valence-corrected chi connectivity index (χ4v) is 3.82. The summed E-state index contributed by atoms with van der Waals surface area (Å²) in [6, 6.07) is 17.6. The molecule has 0 unspecified atom stereocenters. The zero-order valence-corrected chi connectivity index (χ0v) is 14.1. The van der Waals surface area contributed by atoms with Gasteiger partial charge < -0.3 is 0 Å². The van der Waals surface area contributed by atoms with Crippen LogP contribution in [0.5, 0.6) is 0 Å². The van der Waals surface area contributed by atoms with Gasteiger partial charge >= 0.3 is 0 Å². The summed E-state index contributed by atoms with van der Waals surface area (Å²) in [7, 11) is -3.93. The molecule has 0 atom stereocenters. The van der Waals surface area contributed by atoms with Crippen LogP contribution >= 0.6 is 0 Å². The summed E-state index contributed by atoms with van der Waals surface area (Å²) >= 11 is 0. The highest BCUT2D eigenvalue weighted by Gasteiger charge is 2.26. The molecule has 0 aliphatic carbocycles. The van der Waals surface area contributed by atoms with Gasteiger partial charge in [0.2, 0.25) is 0 Å². The minimum Gasteiger partial charge on any atom is -0.199 e. The van der Waals surface area contributed by atoms with Crippen LogP contribution in [0.3, 0.4) is 0 Å². The maximum atomic E-state index is 12.9. The molecule has 0 aliphatic rings. The van der Waals surface area contributed by atoms with Crippen molar-refractivity contribution in [3.8, 4) is 17.2 Å². The molecule has 0 aliphatic heterocycles. The van der Waals surface area contributed by atoms with E-state index in [-0.39, 0.29) is 10.6 Å². The number of aryl methyl sites for hydroxylation is 2. The van der Waals surface area contributed by atoms with Crippen LogP contribution < -0.4 is 0 Å². The Bertz CT molecular complexity index is 1030. The Hall–Kier alpha value is -2.91. The van der Waals surface area contributed by atoms with E-state index in [9.17, 15) is 13.7 Å². The van der Waals surface area contributed by atoms with Crippen LogP contribution in [-0.2, 0) is 10.0 Å². The van der Waals surface area contributed by atoms with Crippen molar-refractivity contribution in [2.45, 2.75) is 18.7 Å². The third-order valence-electron chi connectivity index (χ3n) is 3.75. The van der Waals surface area contributed by atoms with Gasteiger partial charge in [-0.1, -0.05) is 48.0 Å². The van der Waals surface area contributed by atoms with E-state index >= 15 is 0 Å². The summed E-state index contributed by atoms with van der Waals surface area (Å²) < 4.78 is 26.6. The molecular formula is C18H15N3O2S. The van der Waals surface area contributed by atoms with Crippen molar-refractivity contribution in [1.82, 2.24) is 9.19 Å². The summed E-state index contributed by atoms with van der Waals surface area (Å²) in [5.74, 6) is 0. The highest BCUT2D eigenvalue weighted by molar-refractivity contribution is 7.89. The van der Waals surface area contributed by atoms with Gasteiger partial charge in [0.15, 0.2) is 5.69 Å².